The van der Waals surface area contributed by atoms with Crippen molar-refractivity contribution in [3.8, 4) is 0 Å². The zero-order chi connectivity index (χ0) is 12.4. The van der Waals surface area contributed by atoms with Crippen LogP contribution >= 0.6 is 0 Å². The molecule has 1 saturated heterocycles. The molecule has 1 aliphatic heterocycles. The van der Waals surface area contributed by atoms with E-state index in [1.54, 1.807) is 6.08 Å². The second kappa shape index (κ2) is 4.86. The standard InChI is InChI=1S/C14H19NO2/c1-3-5-10-6-7-11-12(9-10)14(17)15(8-4-2)13(11)16/h4,6,11-12H,2-3,5,7-9H2,1H3. The zero-order valence-corrected chi connectivity index (χ0v) is 10.3. The summed E-state index contributed by atoms with van der Waals surface area (Å²) in [6.45, 7) is 6.09. The predicted octanol–water partition coefficient (Wildman–Crippen LogP) is 2.29. The maximum absolute atomic E-state index is 12.1. The summed E-state index contributed by atoms with van der Waals surface area (Å²) in [7, 11) is 0. The zero-order valence-electron chi connectivity index (χ0n) is 10.3. The molecular weight excluding hydrogens is 214 g/mol. The van der Waals surface area contributed by atoms with Crippen molar-refractivity contribution in [3.05, 3.63) is 24.3 Å². The number of fused-ring (bicyclic) bond motifs is 1. The second-order valence-electron chi connectivity index (χ2n) is 4.84. The smallest absolute Gasteiger partial charge is 0.233 e. The first-order valence-electron chi connectivity index (χ1n) is 6.33. The lowest BCUT2D eigenvalue weighted by Gasteiger charge is -2.21. The minimum Gasteiger partial charge on any atom is -0.278 e. The minimum absolute atomic E-state index is 0.00148. The molecule has 0 N–H and O–H groups in total. The first-order chi connectivity index (χ1) is 8.19. The Hall–Kier alpha value is -1.38. The molecule has 2 unspecified atom stereocenters. The molecule has 0 aromatic carbocycles. The number of nitrogens with zero attached hydrogens (tertiary/aromatic N) is 1. The van der Waals surface area contributed by atoms with E-state index in [0.29, 0.717) is 6.54 Å². The number of carbonyl (C=O) groups excluding carboxylic acids is 2. The Kier molecular flexibility index (Phi) is 3.46. The average molecular weight is 233 g/mol. The number of hydrogen-bond acceptors (Lipinski definition) is 2. The molecule has 2 aliphatic rings. The van der Waals surface area contributed by atoms with Crippen LogP contribution in [0.5, 0.6) is 0 Å². The molecule has 0 radical (unpaired) electrons. The van der Waals surface area contributed by atoms with Gasteiger partial charge >= 0.3 is 0 Å². The summed E-state index contributed by atoms with van der Waals surface area (Å²) in [5, 5.41) is 0. The van der Waals surface area contributed by atoms with Gasteiger partial charge in [-0.05, 0) is 19.3 Å². The number of imide groups is 1. The van der Waals surface area contributed by atoms with Gasteiger partial charge in [0.15, 0.2) is 0 Å². The second-order valence-corrected chi connectivity index (χ2v) is 4.84. The highest BCUT2D eigenvalue weighted by Crippen LogP contribution is 2.38. The largest absolute Gasteiger partial charge is 0.278 e. The minimum atomic E-state index is -0.108. The average Bonchev–Trinajstić information content (AvgIpc) is 2.55. The quantitative estimate of drug-likeness (QED) is 0.552. The van der Waals surface area contributed by atoms with Gasteiger partial charge in [0.05, 0.1) is 11.8 Å². The van der Waals surface area contributed by atoms with Gasteiger partial charge in [-0.25, -0.2) is 0 Å². The Labute approximate surface area is 102 Å². The Morgan fingerprint density at radius 2 is 2.12 bits per heavy atom. The highest BCUT2D eigenvalue weighted by atomic mass is 16.2. The van der Waals surface area contributed by atoms with Crippen LogP contribution in [0.4, 0.5) is 0 Å². The number of allylic oxidation sites excluding steroid dienone is 2. The molecule has 2 amide bonds. The summed E-state index contributed by atoms with van der Waals surface area (Å²) >= 11 is 0. The lowest BCUT2D eigenvalue weighted by Crippen LogP contribution is -2.31. The third-order valence-corrected chi connectivity index (χ3v) is 3.68. The van der Waals surface area contributed by atoms with Gasteiger partial charge in [0.1, 0.15) is 0 Å². The van der Waals surface area contributed by atoms with Gasteiger partial charge in [-0.1, -0.05) is 31.1 Å². The van der Waals surface area contributed by atoms with Crippen molar-refractivity contribution in [3.63, 3.8) is 0 Å². The summed E-state index contributed by atoms with van der Waals surface area (Å²) in [4.78, 5) is 25.5. The molecule has 2 rings (SSSR count). The normalized spacial score (nSPS) is 28.1. The van der Waals surface area contributed by atoms with Crippen LogP contribution < -0.4 is 0 Å². The summed E-state index contributed by atoms with van der Waals surface area (Å²) in [5.41, 5.74) is 1.34. The molecule has 0 bridgehead atoms. The topological polar surface area (TPSA) is 37.4 Å². The predicted molar refractivity (Wildman–Crippen MR) is 66.1 cm³/mol. The molecule has 17 heavy (non-hydrogen) atoms. The fourth-order valence-electron chi connectivity index (χ4n) is 2.84. The fraction of sp³-hybridized carbons (Fsp3) is 0.571. The first-order valence-corrected chi connectivity index (χ1v) is 6.33. The molecule has 0 saturated carbocycles. The molecule has 2 atom stereocenters. The van der Waals surface area contributed by atoms with Gasteiger partial charge in [-0.3, -0.25) is 14.5 Å². The van der Waals surface area contributed by atoms with Crippen molar-refractivity contribution < 1.29 is 9.59 Å². The molecule has 0 spiro atoms. The van der Waals surface area contributed by atoms with Gasteiger partial charge in [0.25, 0.3) is 0 Å². The number of rotatable bonds is 4. The molecule has 92 valence electrons. The molecule has 3 nitrogen and oxygen atoms in total. The van der Waals surface area contributed by atoms with Crippen LogP contribution in [0.1, 0.15) is 32.6 Å². The van der Waals surface area contributed by atoms with E-state index < -0.39 is 0 Å². The van der Waals surface area contributed by atoms with E-state index in [-0.39, 0.29) is 23.7 Å². The van der Waals surface area contributed by atoms with Crippen LogP contribution in [0.2, 0.25) is 0 Å². The Balaban J connectivity index is 2.14. The lowest BCUT2D eigenvalue weighted by atomic mass is 9.80. The lowest BCUT2D eigenvalue weighted by molar-refractivity contribution is -0.139. The monoisotopic (exact) mass is 233 g/mol. The molecule has 0 aromatic rings. The molecule has 3 heteroatoms. The van der Waals surface area contributed by atoms with E-state index in [9.17, 15) is 9.59 Å². The van der Waals surface area contributed by atoms with Crippen LogP contribution in [0.25, 0.3) is 0 Å². The van der Waals surface area contributed by atoms with E-state index >= 15 is 0 Å². The number of amides is 2. The van der Waals surface area contributed by atoms with Crippen LogP contribution in [0.3, 0.4) is 0 Å². The molecular formula is C14H19NO2. The van der Waals surface area contributed by atoms with Crippen molar-refractivity contribution in [1.29, 1.82) is 0 Å². The highest BCUT2D eigenvalue weighted by Gasteiger charge is 2.47. The number of likely N-dealkylation sites (tertiary alicyclic amines) is 1. The summed E-state index contributed by atoms with van der Waals surface area (Å²) in [6.07, 6.45) is 7.43. The third kappa shape index (κ3) is 2.06. The van der Waals surface area contributed by atoms with Gasteiger partial charge in [0.2, 0.25) is 11.8 Å². The molecule has 1 aliphatic carbocycles. The maximum Gasteiger partial charge on any atom is 0.233 e. The van der Waals surface area contributed by atoms with Gasteiger partial charge in [0, 0.05) is 6.54 Å². The van der Waals surface area contributed by atoms with Crippen molar-refractivity contribution >= 4 is 11.8 Å². The van der Waals surface area contributed by atoms with Crippen molar-refractivity contribution in [2.75, 3.05) is 6.54 Å². The Morgan fingerprint density at radius 1 is 1.41 bits per heavy atom. The van der Waals surface area contributed by atoms with Gasteiger partial charge < -0.3 is 0 Å². The third-order valence-electron chi connectivity index (χ3n) is 3.68. The van der Waals surface area contributed by atoms with E-state index in [1.807, 2.05) is 0 Å². The molecule has 1 heterocycles. The fourth-order valence-corrected chi connectivity index (χ4v) is 2.84. The first kappa shape index (κ1) is 12.1. The van der Waals surface area contributed by atoms with Crippen molar-refractivity contribution in [2.24, 2.45) is 11.8 Å². The van der Waals surface area contributed by atoms with Crippen molar-refractivity contribution in [1.82, 2.24) is 4.90 Å². The Bertz CT molecular complexity index is 384. The van der Waals surface area contributed by atoms with E-state index in [4.69, 9.17) is 0 Å². The maximum atomic E-state index is 12.1. The molecule has 0 aromatic heterocycles. The van der Waals surface area contributed by atoms with Gasteiger partial charge in [-0.15, -0.1) is 6.58 Å². The highest BCUT2D eigenvalue weighted by molar-refractivity contribution is 6.05. The summed E-state index contributed by atoms with van der Waals surface area (Å²) in [5.74, 6) is -0.217. The van der Waals surface area contributed by atoms with Crippen LogP contribution in [-0.2, 0) is 9.59 Å². The van der Waals surface area contributed by atoms with Crippen LogP contribution in [-0.4, -0.2) is 23.3 Å². The SMILES string of the molecule is C=CCN1C(=O)C2CC=C(CCC)CC2C1=O. The molecule has 1 fully saturated rings. The number of carbonyl (C=O) groups is 2. The number of hydrogen-bond donors (Lipinski definition) is 0. The van der Waals surface area contributed by atoms with Gasteiger partial charge in [-0.2, -0.15) is 0 Å². The van der Waals surface area contributed by atoms with E-state index in [1.165, 1.54) is 10.5 Å². The van der Waals surface area contributed by atoms with Crippen LogP contribution in [0.15, 0.2) is 24.3 Å². The summed E-state index contributed by atoms with van der Waals surface area (Å²) in [6, 6.07) is 0. The Morgan fingerprint density at radius 3 is 2.76 bits per heavy atom. The van der Waals surface area contributed by atoms with E-state index in [0.717, 1.165) is 25.7 Å². The van der Waals surface area contributed by atoms with Crippen molar-refractivity contribution in [2.45, 2.75) is 32.6 Å². The van der Waals surface area contributed by atoms with E-state index in [2.05, 4.69) is 19.6 Å². The van der Waals surface area contributed by atoms with Crippen LogP contribution in [0, 0.1) is 11.8 Å². The summed E-state index contributed by atoms with van der Waals surface area (Å²) < 4.78 is 0.